The lowest BCUT2D eigenvalue weighted by Gasteiger charge is -2.25. The number of nitrogens with one attached hydrogen (secondary N) is 2. The van der Waals surface area contributed by atoms with Gasteiger partial charge in [-0.2, -0.15) is 0 Å². The Kier molecular flexibility index (Phi) is 9.27. The van der Waals surface area contributed by atoms with Gasteiger partial charge in [0.15, 0.2) is 0 Å². The number of anilines is 2. The highest BCUT2D eigenvalue weighted by Crippen LogP contribution is 2.19. The van der Waals surface area contributed by atoms with Gasteiger partial charge in [-0.25, -0.2) is 0 Å². The highest BCUT2D eigenvalue weighted by Gasteiger charge is 2.27. The van der Waals surface area contributed by atoms with Crippen LogP contribution in [0.3, 0.4) is 0 Å². The molecule has 0 saturated carbocycles. The molecular formula is C18H24Cl2N4O2. The van der Waals surface area contributed by atoms with E-state index in [-0.39, 0.29) is 42.0 Å². The Hall–Kier alpha value is -2.15. The first kappa shape index (κ1) is 23.9. The van der Waals surface area contributed by atoms with Crippen LogP contribution in [0.1, 0.15) is 31.1 Å². The van der Waals surface area contributed by atoms with E-state index in [1.807, 2.05) is 20.8 Å². The van der Waals surface area contributed by atoms with Crippen LogP contribution in [-0.4, -0.2) is 22.8 Å². The average molecular weight is 399 g/mol. The van der Waals surface area contributed by atoms with E-state index in [0.717, 1.165) is 0 Å². The van der Waals surface area contributed by atoms with Gasteiger partial charge in [-0.15, -0.1) is 24.8 Å². The van der Waals surface area contributed by atoms with E-state index in [1.165, 1.54) is 0 Å². The van der Waals surface area contributed by atoms with Crippen LogP contribution in [0.4, 0.5) is 11.4 Å². The Balaban J connectivity index is 0.00000312. The maximum atomic E-state index is 12.3. The zero-order chi connectivity index (χ0) is 17.7. The summed E-state index contributed by atoms with van der Waals surface area (Å²) in [5.74, 6) is -0.549. The second kappa shape index (κ2) is 10.1. The summed E-state index contributed by atoms with van der Waals surface area (Å²) in [4.78, 5) is 28.4. The maximum Gasteiger partial charge on any atom is 0.255 e. The highest BCUT2D eigenvalue weighted by atomic mass is 35.5. The van der Waals surface area contributed by atoms with Gasteiger partial charge >= 0.3 is 0 Å². The molecule has 0 aliphatic heterocycles. The quantitative estimate of drug-likeness (QED) is 0.733. The molecule has 26 heavy (non-hydrogen) atoms. The average Bonchev–Trinajstić information content (AvgIpc) is 2.54. The molecule has 1 aromatic carbocycles. The number of amides is 2. The Labute approximate surface area is 165 Å². The zero-order valence-electron chi connectivity index (χ0n) is 14.9. The minimum absolute atomic E-state index is 0. The van der Waals surface area contributed by atoms with Crippen molar-refractivity contribution >= 4 is 48.0 Å². The number of rotatable bonds is 4. The predicted octanol–water partition coefficient (Wildman–Crippen LogP) is 3.49. The molecule has 0 unspecified atom stereocenters. The van der Waals surface area contributed by atoms with Crippen LogP contribution in [0.25, 0.3) is 0 Å². The van der Waals surface area contributed by atoms with Crippen molar-refractivity contribution in [3.63, 3.8) is 0 Å². The molecule has 1 heterocycles. The van der Waals surface area contributed by atoms with Crippen molar-refractivity contribution in [1.82, 2.24) is 4.98 Å². The molecular weight excluding hydrogens is 375 g/mol. The smallest absolute Gasteiger partial charge is 0.255 e. The number of carbonyl (C=O) groups excluding carboxylic acids is 2. The Morgan fingerprint density at radius 3 is 2.19 bits per heavy atom. The fraction of sp³-hybridized carbons (Fsp3) is 0.278. The lowest BCUT2D eigenvalue weighted by Crippen LogP contribution is -2.45. The van der Waals surface area contributed by atoms with Gasteiger partial charge in [-0.3, -0.25) is 14.6 Å². The van der Waals surface area contributed by atoms with Crippen LogP contribution >= 0.6 is 24.8 Å². The lowest BCUT2D eigenvalue weighted by molar-refractivity contribution is -0.119. The van der Waals surface area contributed by atoms with Gasteiger partial charge in [0.2, 0.25) is 5.91 Å². The second-order valence-corrected chi connectivity index (χ2v) is 6.60. The first-order valence-corrected chi connectivity index (χ1v) is 7.65. The van der Waals surface area contributed by atoms with E-state index in [2.05, 4.69) is 15.6 Å². The number of halogens is 2. The van der Waals surface area contributed by atoms with E-state index in [9.17, 15) is 9.59 Å². The third-order valence-electron chi connectivity index (χ3n) is 3.55. The molecule has 2 rings (SSSR count). The summed E-state index contributed by atoms with van der Waals surface area (Å²) in [7, 11) is 0. The van der Waals surface area contributed by atoms with E-state index in [1.54, 1.807) is 48.8 Å². The van der Waals surface area contributed by atoms with Gasteiger partial charge in [0.25, 0.3) is 5.91 Å². The van der Waals surface area contributed by atoms with Crippen molar-refractivity contribution in [3.05, 3.63) is 54.4 Å². The summed E-state index contributed by atoms with van der Waals surface area (Å²) in [6.07, 6.45) is 3.19. The van der Waals surface area contributed by atoms with Crippen molar-refractivity contribution in [2.24, 2.45) is 11.1 Å². The standard InChI is InChI=1S/C18H22N4O2.2ClH/c1-18(2,3)15(19)17(24)22-14-6-4-5-12(11-14)16(23)21-13-7-9-20-10-8-13;;/h4-11,15H,19H2,1-3H3,(H,22,24)(H,20,21,23);2*1H/t15-;;/m1../s1. The molecule has 2 aromatic rings. The molecule has 1 aromatic heterocycles. The molecule has 2 amide bonds. The molecule has 4 N–H and O–H groups in total. The van der Waals surface area contributed by atoms with Gasteiger partial charge in [0.05, 0.1) is 6.04 Å². The minimum Gasteiger partial charge on any atom is -0.325 e. The lowest BCUT2D eigenvalue weighted by atomic mass is 9.87. The molecule has 8 heteroatoms. The normalized spacial score (nSPS) is 11.4. The number of hydrogen-bond acceptors (Lipinski definition) is 4. The van der Waals surface area contributed by atoms with Crippen LogP contribution in [-0.2, 0) is 4.79 Å². The van der Waals surface area contributed by atoms with Crippen molar-refractivity contribution in [2.75, 3.05) is 10.6 Å². The van der Waals surface area contributed by atoms with Gasteiger partial charge in [-0.1, -0.05) is 26.8 Å². The number of benzene rings is 1. The molecule has 0 bridgehead atoms. The molecule has 1 atom stereocenters. The molecule has 0 fully saturated rings. The van der Waals surface area contributed by atoms with Gasteiger partial charge < -0.3 is 16.4 Å². The summed E-state index contributed by atoms with van der Waals surface area (Å²) in [6.45, 7) is 5.70. The molecule has 0 saturated heterocycles. The Morgan fingerprint density at radius 1 is 1.00 bits per heavy atom. The number of nitrogens with zero attached hydrogens (tertiary/aromatic N) is 1. The fourth-order valence-electron chi connectivity index (χ4n) is 1.99. The van der Waals surface area contributed by atoms with Crippen molar-refractivity contribution in [3.8, 4) is 0 Å². The first-order chi connectivity index (χ1) is 11.3. The van der Waals surface area contributed by atoms with Crippen LogP contribution in [0, 0.1) is 5.41 Å². The Bertz CT molecular complexity index is 733. The number of hydrogen-bond donors (Lipinski definition) is 3. The number of nitrogens with two attached hydrogens (primary N) is 1. The van der Waals surface area contributed by atoms with E-state index in [4.69, 9.17) is 5.73 Å². The number of carbonyl (C=O) groups is 2. The van der Waals surface area contributed by atoms with E-state index < -0.39 is 6.04 Å². The number of pyridine rings is 1. The summed E-state index contributed by atoms with van der Waals surface area (Å²) in [6, 6.07) is 9.47. The predicted molar refractivity (Wildman–Crippen MR) is 109 cm³/mol. The van der Waals surface area contributed by atoms with E-state index >= 15 is 0 Å². The topological polar surface area (TPSA) is 97.1 Å². The molecule has 0 aliphatic carbocycles. The third kappa shape index (κ3) is 6.63. The van der Waals surface area contributed by atoms with Crippen LogP contribution in [0.15, 0.2) is 48.8 Å². The highest BCUT2D eigenvalue weighted by molar-refractivity contribution is 6.05. The minimum atomic E-state index is -0.646. The van der Waals surface area contributed by atoms with Crippen LogP contribution in [0.2, 0.25) is 0 Å². The van der Waals surface area contributed by atoms with E-state index in [0.29, 0.717) is 16.9 Å². The molecule has 142 valence electrons. The summed E-state index contributed by atoms with van der Waals surface area (Å²) in [5.41, 5.74) is 7.22. The van der Waals surface area contributed by atoms with Crippen molar-refractivity contribution in [2.45, 2.75) is 26.8 Å². The van der Waals surface area contributed by atoms with Crippen molar-refractivity contribution in [1.29, 1.82) is 0 Å². The molecule has 6 nitrogen and oxygen atoms in total. The summed E-state index contributed by atoms with van der Waals surface area (Å²) < 4.78 is 0. The maximum absolute atomic E-state index is 12.3. The molecule has 0 aliphatic rings. The SMILES string of the molecule is CC(C)(C)[C@H](N)C(=O)Nc1cccc(C(=O)Nc2ccncc2)c1.Cl.Cl. The monoisotopic (exact) mass is 398 g/mol. The summed E-state index contributed by atoms with van der Waals surface area (Å²) >= 11 is 0. The Morgan fingerprint density at radius 2 is 1.62 bits per heavy atom. The fourth-order valence-corrected chi connectivity index (χ4v) is 1.99. The summed E-state index contributed by atoms with van der Waals surface area (Å²) in [5, 5.41) is 5.52. The molecule has 0 radical (unpaired) electrons. The largest absolute Gasteiger partial charge is 0.325 e. The van der Waals surface area contributed by atoms with Crippen molar-refractivity contribution < 1.29 is 9.59 Å². The number of aromatic nitrogens is 1. The van der Waals surface area contributed by atoms with Crippen LogP contribution < -0.4 is 16.4 Å². The zero-order valence-corrected chi connectivity index (χ0v) is 16.5. The second-order valence-electron chi connectivity index (χ2n) is 6.60. The molecule has 0 spiro atoms. The van der Waals surface area contributed by atoms with Gasteiger partial charge in [-0.05, 0) is 35.7 Å². The third-order valence-corrected chi connectivity index (χ3v) is 3.55. The van der Waals surface area contributed by atoms with Crippen LogP contribution in [0.5, 0.6) is 0 Å². The first-order valence-electron chi connectivity index (χ1n) is 7.65. The van der Waals surface area contributed by atoms with Gasteiger partial charge in [0.1, 0.15) is 0 Å². The van der Waals surface area contributed by atoms with Gasteiger partial charge in [0, 0.05) is 29.3 Å².